The zero-order valence-electron chi connectivity index (χ0n) is 11.1. The van der Waals surface area contributed by atoms with Crippen molar-refractivity contribution in [3.8, 4) is 0 Å². The average Bonchev–Trinajstić information content (AvgIpc) is 2.41. The fourth-order valence-electron chi connectivity index (χ4n) is 1.68. The number of halogens is 1. The summed E-state index contributed by atoms with van der Waals surface area (Å²) in [6.07, 6.45) is 3.39. The summed E-state index contributed by atoms with van der Waals surface area (Å²) in [7, 11) is 0. The summed E-state index contributed by atoms with van der Waals surface area (Å²) < 4.78 is 0. The Bertz CT molecular complexity index is 621. The van der Waals surface area contributed by atoms with E-state index in [2.05, 4.69) is 10.6 Å². The maximum absolute atomic E-state index is 11.7. The third-order valence-corrected chi connectivity index (χ3v) is 2.89. The molecule has 0 saturated carbocycles. The predicted molar refractivity (Wildman–Crippen MR) is 83.8 cm³/mol. The van der Waals surface area contributed by atoms with E-state index >= 15 is 0 Å². The third kappa shape index (κ3) is 4.44. The predicted octanol–water partition coefficient (Wildman–Crippen LogP) is 4.44. The molecule has 0 radical (unpaired) electrons. The SMILES string of the molecule is Cc1cccc(NC(=O)N/C=C/c2ccc(Cl)cc2)c1. The van der Waals surface area contributed by atoms with Crippen molar-refractivity contribution in [2.45, 2.75) is 6.92 Å². The molecule has 0 heterocycles. The summed E-state index contributed by atoms with van der Waals surface area (Å²) >= 11 is 5.80. The average molecular weight is 287 g/mol. The highest BCUT2D eigenvalue weighted by molar-refractivity contribution is 6.30. The lowest BCUT2D eigenvalue weighted by Crippen LogP contribution is -2.23. The van der Waals surface area contributed by atoms with E-state index in [1.807, 2.05) is 43.3 Å². The van der Waals surface area contributed by atoms with Gasteiger partial charge in [0.05, 0.1) is 0 Å². The normalized spacial score (nSPS) is 10.5. The maximum atomic E-state index is 11.7. The van der Waals surface area contributed by atoms with Gasteiger partial charge in [0.15, 0.2) is 0 Å². The molecule has 0 fully saturated rings. The molecular weight excluding hydrogens is 272 g/mol. The number of rotatable bonds is 3. The van der Waals surface area contributed by atoms with Gasteiger partial charge in [-0.05, 0) is 48.4 Å². The standard InChI is InChI=1S/C16H15ClN2O/c1-12-3-2-4-15(11-12)19-16(20)18-10-9-13-5-7-14(17)8-6-13/h2-11H,1H3,(H2,18,19,20)/b10-9+. The van der Waals surface area contributed by atoms with E-state index in [1.165, 1.54) is 0 Å². The van der Waals surface area contributed by atoms with Gasteiger partial charge >= 0.3 is 6.03 Å². The van der Waals surface area contributed by atoms with Gasteiger partial charge in [-0.3, -0.25) is 0 Å². The highest BCUT2D eigenvalue weighted by Crippen LogP contribution is 2.11. The largest absolute Gasteiger partial charge is 0.323 e. The summed E-state index contributed by atoms with van der Waals surface area (Å²) in [4.78, 5) is 11.7. The lowest BCUT2D eigenvalue weighted by molar-refractivity contribution is 0.255. The fraction of sp³-hybridized carbons (Fsp3) is 0.0625. The topological polar surface area (TPSA) is 41.1 Å². The van der Waals surface area contributed by atoms with Gasteiger partial charge in [0.25, 0.3) is 0 Å². The number of hydrogen-bond donors (Lipinski definition) is 2. The molecule has 0 aliphatic heterocycles. The van der Waals surface area contributed by atoms with Gasteiger partial charge < -0.3 is 10.6 Å². The number of anilines is 1. The van der Waals surface area contributed by atoms with Gasteiger partial charge in [-0.2, -0.15) is 0 Å². The van der Waals surface area contributed by atoms with Gasteiger partial charge in [0, 0.05) is 16.9 Å². The van der Waals surface area contributed by atoms with Crippen molar-refractivity contribution >= 4 is 29.4 Å². The molecule has 0 aromatic heterocycles. The molecule has 2 aromatic carbocycles. The highest BCUT2D eigenvalue weighted by Gasteiger charge is 1.98. The number of carbonyl (C=O) groups is 1. The van der Waals surface area contributed by atoms with E-state index < -0.39 is 0 Å². The van der Waals surface area contributed by atoms with E-state index in [0.29, 0.717) is 5.02 Å². The van der Waals surface area contributed by atoms with Crippen LogP contribution in [0, 0.1) is 6.92 Å². The first-order chi connectivity index (χ1) is 9.63. The Morgan fingerprint density at radius 3 is 2.60 bits per heavy atom. The zero-order valence-corrected chi connectivity index (χ0v) is 11.8. The van der Waals surface area contributed by atoms with Crippen LogP contribution in [0.5, 0.6) is 0 Å². The maximum Gasteiger partial charge on any atom is 0.323 e. The van der Waals surface area contributed by atoms with Gasteiger partial charge in [-0.25, -0.2) is 4.79 Å². The summed E-state index contributed by atoms with van der Waals surface area (Å²) in [5.74, 6) is 0. The minimum absolute atomic E-state index is 0.277. The minimum Gasteiger partial charge on any atom is -0.314 e. The second kappa shape index (κ2) is 6.78. The van der Waals surface area contributed by atoms with Crippen molar-refractivity contribution in [2.24, 2.45) is 0 Å². The second-order valence-corrected chi connectivity index (χ2v) is 4.79. The number of aryl methyl sites for hydroxylation is 1. The molecule has 2 N–H and O–H groups in total. The van der Waals surface area contributed by atoms with Gasteiger partial charge in [-0.15, -0.1) is 0 Å². The molecule has 3 nitrogen and oxygen atoms in total. The van der Waals surface area contributed by atoms with Gasteiger partial charge in [-0.1, -0.05) is 35.9 Å². The molecule has 102 valence electrons. The van der Waals surface area contributed by atoms with Crippen LogP contribution in [-0.2, 0) is 0 Å². The zero-order chi connectivity index (χ0) is 14.4. The Labute approximate surface area is 123 Å². The Kier molecular flexibility index (Phi) is 4.80. The minimum atomic E-state index is -0.277. The number of carbonyl (C=O) groups excluding carboxylic acids is 1. The van der Waals surface area contributed by atoms with Crippen molar-refractivity contribution in [2.75, 3.05) is 5.32 Å². The van der Waals surface area contributed by atoms with E-state index in [4.69, 9.17) is 11.6 Å². The summed E-state index contributed by atoms with van der Waals surface area (Å²) in [5.41, 5.74) is 2.83. The monoisotopic (exact) mass is 286 g/mol. The van der Waals surface area contributed by atoms with Crippen LogP contribution in [0.2, 0.25) is 5.02 Å². The number of hydrogen-bond acceptors (Lipinski definition) is 1. The first kappa shape index (κ1) is 14.2. The molecule has 0 spiro atoms. The summed E-state index contributed by atoms with van der Waals surface area (Å²) in [5, 5.41) is 6.09. The lowest BCUT2D eigenvalue weighted by Gasteiger charge is -2.05. The van der Waals surface area contributed by atoms with Crippen molar-refractivity contribution in [1.29, 1.82) is 0 Å². The van der Waals surface area contributed by atoms with Gasteiger partial charge in [0.2, 0.25) is 0 Å². The quantitative estimate of drug-likeness (QED) is 0.860. The fourth-order valence-corrected chi connectivity index (χ4v) is 1.80. The number of benzene rings is 2. The number of nitrogens with one attached hydrogen (secondary N) is 2. The van der Waals surface area contributed by atoms with Crippen molar-refractivity contribution in [1.82, 2.24) is 5.32 Å². The van der Waals surface area contributed by atoms with E-state index in [0.717, 1.165) is 16.8 Å². The molecule has 2 aromatic rings. The van der Waals surface area contributed by atoms with E-state index in [1.54, 1.807) is 24.4 Å². The van der Waals surface area contributed by atoms with Crippen LogP contribution in [0.4, 0.5) is 10.5 Å². The molecule has 0 bridgehead atoms. The van der Waals surface area contributed by atoms with Crippen molar-refractivity contribution in [3.05, 3.63) is 70.9 Å². The van der Waals surface area contributed by atoms with Crippen LogP contribution in [0.3, 0.4) is 0 Å². The molecular formula is C16H15ClN2O. The van der Waals surface area contributed by atoms with Crippen LogP contribution in [0.15, 0.2) is 54.7 Å². The molecule has 0 saturated heterocycles. The Morgan fingerprint density at radius 2 is 1.90 bits per heavy atom. The highest BCUT2D eigenvalue weighted by atomic mass is 35.5. The molecule has 4 heteroatoms. The van der Waals surface area contributed by atoms with Crippen LogP contribution in [0.1, 0.15) is 11.1 Å². The molecule has 2 rings (SSSR count). The molecule has 0 unspecified atom stereocenters. The van der Waals surface area contributed by atoms with E-state index in [-0.39, 0.29) is 6.03 Å². The van der Waals surface area contributed by atoms with Crippen LogP contribution < -0.4 is 10.6 Å². The molecule has 0 atom stereocenters. The Hall–Kier alpha value is -2.26. The molecule has 20 heavy (non-hydrogen) atoms. The molecule has 2 amide bonds. The number of urea groups is 1. The Morgan fingerprint density at radius 1 is 1.15 bits per heavy atom. The van der Waals surface area contributed by atoms with Crippen LogP contribution in [-0.4, -0.2) is 6.03 Å². The summed E-state index contributed by atoms with van der Waals surface area (Å²) in [6.45, 7) is 1.98. The van der Waals surface area contributed by atoms with Crippen LogP contribution >= 0.6 is 11.6 Å². The molecule has 0 aliphatic carbocycles. The first-order valence-corrected chi connectivity index (χ1v) is 6.57. The second-order valence-electron chi connectivity index (χ2n) is 4.35. The van der Waals surface area contributed by atoms with Crippen molar-refractivity contribution < 1.29 is 4.79 Å². The lowest BCUT2D eigenvalue weighted by atomic mass is 10.2. The summed E-state index contributed by atoms with van der Waals surface area (Å²) in [6, 6.07) is 14.7. The molecule has 0 aliphatic rings. The Balaban J connectivity index is 1.87. The van der Waals surface area contributed by atoms with Crippen molar-refractivity contribution in [3.63, 3.8) is 0 Å². The third-order valence-electron chi connectivity index (χ3n) is 2.64. The smallest absolute Gasteiger partial charge is 0.314 e. The van der Waals surface area contributed by atoms with Crippen LogP contribution in [0.25, 0.3) is 6.08 Å². The first-order valence-electron chi connectivity index (χ1n) is 6.20. The van der Waals surface area contributed by atoms with Gasteiger partial charge in [0.1, 0.15) is 0 Å². The number of amides is 2. The van der Waals surface area contributed by atoms with E-state index in [9.17, 15) is 4.79 Å².